The maximum absolute atomic E-state index is 12.9. The number of carbonyl (C=O) groups excluding carboxylic acids is 1. The van der Waals surface area contributed by atoms with Crippen molar-refractivity contribution in [2.45, 2.75) is 19.4 Å². The summed E-state index contributed by atoms with van der Waals surface area (Å²) < 4.78 is 4.29. The first kappa shape index (κ1) is 20.5. The van der Waals surface area contributed by atoms with Gasteiger partial charge in [-0.3, -0.25) is 9.36 Å². The van der Waals surface area contributed by atoms with E-state index < -0.39 is 0 Å². The summed E-state index contributed by atoms with van der Waals surface area (Å²) >= 11 is 0. The Morgan fingerprint density at radius 3 is 2.76 bits per heavy atom. The Labute approximate surface area is 197 Å². The predicted octanol–water partition coefficient (Wildman–Crippen LogP) is 3.98. The molecule has 1 atom stereocenters. The van der Waals surface area contributed by atoms with Crippen LogP contribution >= 0.6 is 0 Å². The molecule has 1 fully saturated rings. The van der Waals surface area contributed by atoms with Gasteiger partial charge >= 0.3 is 0 Å². The summed E-state index contributed by atoms with van der Waals surface area (Å²) in [5.41, 5.74) is 6.82. The third-order valence-electron chi connectivity index (χ3n) is 6.88. The van der Waals surface area contributed by atoms with Gasteiger partial charge in [-0.25, -0.2) is 4.98 Å². The van der Waals surface area contributed by atoms with Gasteiger partial charge in [0.1, 0.15) is 0 Å². The normalized spacial score (nSPS) is 16.5. The lowest BCUT2D eigenvalue weighted by atomic mass is 10.1. The van der Waals surface area contributed by atoms with Crippen LogP contribution in [0.5, 0.6) is 0 Å². The molecule has 2 aliphatic heterocycles. The van der Waals surface area contributed by atoms with Gasteiger partial charge in [-0.05, 0) is 60.4 Å². The molecule has 1 saturated heterocycles. The third kappa shape index (κ3) is 3.23. The van der Waals surface area contributed by atoms with E-state index >= 15 is 0 Å². The zero-order valence-electron chi connectivity index (χ0n) is 18.6. The molecule has 4 aromatic rings. The van der Waals surface area contributed by atoms with Gasteiger partial charge in [0.05, 0.1) is 23.0 Å². The molecule has 7 nitrogen and oxygen atoms in total. The number of imidazole rings is 1. The Balaban J connectivity index is 1.40. The van der Waals surface area contributed by atoms with Crippen molar-refractivity contribution in [2.75, 3.05) is 18.1 Å². The van der Waals surface area contributed by atoms with E-state index in [1.807, 2.05) is 41.4 Å². The van der Waals surface area contributed by atoms with Gasteiger partial charge in [0.15, 0.2) is 5.82 Å². The molecule has 6 rings (SSSR count). The van der Waals surface area contributed by atoms with Crippen molar-refractivity contribution < 1.29 is 9.90 Å². The Morgan fingerprint density at radius 1 is 1.12 bits per heavy atom. The minimum absolute atomic E-state index is 0.0375. The largest absolute Gasteiger partial charge is 0.396 e. The highest BCUT2D eigenvalue weighted by atomic mass is 16.3. The average molecular weight is 450 g/mol. The van der Waals surface area contributed by atoms with Gasteiger partial charge in [0.2, 0.25) is 5.91 Å². The number of rotatable bonds is 4. The Kier molecular flexibility index (Phi) is 4.82. The van der Waals surface area contributed by atoms with Gasteiger partial charge in [-0.2, -0.15) is 5.26 Å². The molecule has 1 amide bonds. The molecule has 0 aliphatic carbocycles. The zero-order chi connectivity index (χ0) is 23.2. The highest BCUT2D eigenvalue weighted by Crippen LogP contribution is 2.36. The molecule has 1 N–H and O–H groups in total. The van der Waals surface area contributed by atoms with Crippen molar-refractivity contribution in [3.8, 4) is 34.4 Å². The van der Waals surface area contributed by atoms with Crippen molar-refractivity contribution >= 4 is 11.6 Å². The number of nitrogens with zero attached hydrogens (tertiary/aromatic N) is 5. The SMILES string of the molecule is N#Cc1ccc(-c2cc3n(c2)Cc2cc(N4CCC(CCO)C4=O)ccc2-n2ccnc2-3)cc1. The van der Waals surface area contributed by atoms with Gasteiger partial charge in [0.25, 0.3) is 0 Å². The van der Waals surface area contributed by atoms with Crippen LogP contribution in [0, 0.1) is 17.2 Å². The van der Waals surface area contributed by atoms with Gasteiger partial charge in [-0.1, -0.05) is 12.1 Å². The molecule has 0 spiro atoms. The number of hydrogen-bond acceptors (Lipinski definition) is 4. The molecular formula is C27H23N5O2. The fourth-order valence-corrected chi connectivity index (χ4v) is 5.12. The maximum Gasteiger partial charge on any atom is 0.230 e. The number of amides is 1. The van der Waals surface area contributed by atoms with Crippen LogP contribution in [0.25, 0.3) is 28.3 Å². The van der Waals surface area contributed by atoms with Crippen LogP contribution in [0.1, 0.15) is 24.0 Å². The van der Waals surface area contributed by atoms with Crippen LogP contribution in [-0.2, 0) is 11.3 Å². The standard InChI is InChI=1S/C27H23N5O2/c28-15-18-1-3-19(4-2-18)21-14-25-26-29-9-11-32(26)24-6-5-23(13-22(24)17-30(25)16-21)31-10-7-20(8-12-33)27(31)34/h1-6,9,11,13-14,16,20,33H,7-8,10,12,17H2. The van der Waals surface area contributed by atoms with E-state index in [-0.39, 0.29) is 18.4 Å². The number of aromatic nitrogens is 3. The molecular weight excluding hydrogens is 426 g/mol. The van der Waals surface area contributed by atoms with E-state index in [0.29, 0.717) is 25.1 Å². The highest BCUT2D eigenvalue weighted by Gasteiger charge is 2.32. The Bertz CT molecular complexity index is 1440. The van der Waals surface area contributed by atoms with E-state index in [9.17, 15) is 9.90 Å². The van der Waals surface area contributed by atoms with Crippen LogP contribution in [0.3, 0.4) is 0 Å². The van der Waals surface area contributed by atoms with E-state index in [4.69, 9.17) is 5.26 Å². The summed E-state index contributed by atoms with van der Waals surface area (Å²) in [6, 6.07) is 18.1. The first-order valence-corrected chi connectivity index (χ1v) is 11.5. The van der Waals surface area contributed by atoms with Crippen LogP contribution in [0.15, 0.2) is 67.1 Å². The first-order chi connectivity index (χ1) is 16.7. The molecule has 7 heteroatoms. The van der Waals surface area contributed by atoms with Crippen molar-refractivity contribution in [2.24, 2.45) is 5.92 Å². The lowest BCUT2D eigenvalue weighted by molar-refractivity contribution is -0.120. The number of hydrogen-bond donors (Lipinski definition) is 1. The third-order valence-corrected chi connectivity index (χ3v) is 6.88. The molecule has 2 aromatic carbocycles. The van der Waals surface area contributed by atoms with E-state index in [0.717, 1.165) is 46.0 Å². The smallest absolute Gasteiger partial charge is 0.230 e. The lowest BCUT2D eigenvalue weighted by Crippen LogP contribution is -2.27. The lowest BCUT2D eigenvalue weighted by Gasteiger charge is -2.19. The number of aliphatic hydroxyl groups excluding tert-OH is 1. The van der Waals surface area contributed by atoms with Gasteiger partial charge < -0.3 is 14.6 Å². The topological polar surface area (TPSA) is 87.1 Å². The maximum atomic E-state index is 12.9. The molecule has 168 valence electrons. The predicted molar refractivity (Wildman–Crippen MR) is 128 cm³/mol. The molecule has 1 unspecified atom stereocenters. The number of benzene rings is 2. The quantitative estimate of drug-likeness (QED) is 0.450. The van der Waals surface area contributed by atoms with E-state index in [2.05, 4.69) is 44.6 Å². The summed E-state index contributed by atoms with van der Waals surface area (Å²) in [5.74, 6) is 0.859. The minimum atomic E-state index is -0.102. The average Bonchev–Trinajstić information content (AvgIpc) is 3.57. The highest BCUT2D eigenvalue weighted by molar-refractivity contribution is 5.97. The van der Waals surface area contributed by atoms with Crippen LogP contribution < -0.4 is 4.90 Å². The fourth-order valence-electron chi connectivity index (χ4n) is 5.12. The number of nitriles is 1. The summed E-state index contributed by atoms with van der Waals surface area (Å²) in [6.45, 7) is 1.37. The second-order valence-corrected chi connectivity index (χ2v) is 8.85. The number of fused-ring (bicyclic) bond motifs is 5. The van der Waals surface area contributed by atoms with Crippen LogP contribution in [0.4, 0.5) is 5.69 Å². The zero-order valence-corrected chi connectivity index (χ0v) is 18.6. The second kappa shape index (κ2) is 8.01. The molecule has 0 saturated carbocycles. The number of aliphatic hydroxyl groups is 1. The molecule has 0 bridgehead atoms. The summed E-state index contributed by atoms with van der Waals surface area (Å²) in [6.07, 6.45) is 7.19. The van der Waals surface area contributed by atoms with Crippen molar-refractivity contribution in [3.63, 3.8) is 0 Å². The minimum Gasteiger partial charge on any atom is -0.396 e. The summed E-state index contributed by atoms with van der Waals surface area (Å²) in [7, 11) is 0. The first-order valence-electron chi connectivity index (χ1n) is 11.5. The van der Waals surface area contributed by atoms with Gasteiger partial charge in [0, 0.05) is 55.5 Å². The molecule has 4 heterocycles. The van der Waals surface area contributed by atoms with Crippen LogP contribution in [-0.4, -0.2) is 38.3 Å². The summed E-state index contributed by atoms with van der Waals surface area (Å²) in [4.78, 5) is 19.4. The van der Waals surface area contributed by atoms with Crippen LogP contribution in [0.2, 0.25) is 0 Å². The molecule has 2 aromatic heterocycles. The van der Waals surface area contributed by atoms with Crippen molar-refractivity contribution in [1.29, 1.82) is 5.26 Å². The van der Waals surface area contributed by atoms with E-state index in [1.54, 1.807) is 6.20 Å². The fraction of sp³-hybridized carbons (Fsp3) is 0.222. The van der Waals surface area contributed by atoms with Crippen molar-refractivity contribution in [1.82, 2.24) is 14.1 Å². The number of anilines is 1. The monoisotopic (exact) mass is 449 g/mol. The Morgan fingerprint density at radius 2 is 1.97 bits per heavy atom. The molecule has 2 aliphatic rings. The second-order valence-electron chi connectivity index (χ2n) is 8.85. The van der Waals surface area contributed by atoms with Gasteiger partial charge in [-0.15, -0.1) is 0 Å². The molecule has 0 radical (unpaired) electrons. The number of carbonyl (C=O) groups is 1. The van der Waals surface area contributed by atoms with Crippen molar-refractivity contribution in [3.05, 3.63) is 78.2 Å². The molecule has 34 heavy (non-hydrogen) atoms. The summed E-state index contributed by atoms with van der Waals surface area (Å²) in [5, 5.41) is 18.4. The Hall–Kier alpha value is -4.15. The van der Waals surface area contributed by atoms with E-state index in [1.165, 1.54) is 0 Å².